The number of nitrogens with one attached hydrogen (secondary N) is 4. The Labute approximate surface area is 191 Å². The lowest BCUT2D eigenvalue weighted by atomic mass is 10.0. The van der Waals surface area contributed by atoms with Gasteiger partial charge in [-0.3, -0.25) is 14.4 Å². The number of para-hydroxylation sites is 1. The van der Waals surface area contributed by atoms with Gasteiger partial charge in [0, 0.05) is 29.3 Å². The van der Waals surface area contributed by atoms with Gasteiger partial charge in [-0.05, 0) is 17.5 Å². The predicted molar refractivity (Wildman–Crippen MR) is 123 cm³/mol. The van der Waals surface area contributed by atoms with E-state index in [1.807, 2.05) is 24.3 Å². The topological polar surface area (TPSA) is 166 Å². The molecule has 0 bridgehead atoms. The molecule has 174 valence electrons. The number of carbonyl (C=O) groups is 4. The summed E-state index contributed by atoms with van der Waals surface area (Å²) < 4.78 is 0. The average Bonchev–Trinajstić information content (AvgIpc) is 3.16. The highest BCUT2D eigenvalue weighted by Crippen LogP contribution is 2.19. The van der Waals surface area contributed by atoms with Crippen molar-refractivity contribution in [2.75, 3.05) is 12.3 Å². The Balaban J connectivity index is 2.18. The van der Waals surface area contributed by atoms with Crippen molar-refractivity contribution < 1.29 is 24.3 Å². The van der Waals surface area contributed by atoms with Gasteiger partial charge in [0.05, 0.1) is 12.6 Å². The number of hydrogen-bond donors (Lipinski definition) is 7. The molecule has 1 aromatic heterocycles. The Morgan fingerprint density at radius 3 is 2.44 bits per heavy atom. The first-order chi connectivity index (χ1) is 15.1. The van der Waals surface area contributed by atoms with E-state index < -0.39 is 41.8 Å². The van der Waals surface area contributed by atoms with Crippen molar-refractivity contribution >= 4 is 47.2 Å². The number of hydrogen-bond acceptors (Lipinski definition) is 6. The lowest BCUT2D eigenvalue weighted by molar-refractivity contribution is -0.143. The molecule has 1 heterocycles. The first kappa shape index (κ1) is 25.2. The summed E-state index contributed by atoms with van der Waals surface area (Å²) in [5.41, 5.74) is 7.21. The number of amides is 3. The van der Waals surface area contributed by atoms with Crippen molar-refractivity contribution in [3.63, 3.8) is 0 Å². The van der Waals surface area contributed by atoms with Gasteiger partial charge in [-0.2, -0.15) is 12.6 Å². The van der Waals surface area contributed by atoms with E-state index in [9.17, 15) is 24.3 Å². The second kappa shape index (κ2) is 11.5. The van der Waals surface area contributed by atoms with Gasteiger partial charge in [0.1, 0.15) is 12.1 Å². The number of benzene rings is 1. The van der Waals surface area contributed by atoms with Crippen LogP contribution in [0.4, 0.5) is 0 Å². The zero-order valence-corrected chi connectivity index (χ0v) is 18.8. The minimum atomic E-state index is -1.17. The van der Waals surface area contributed by atoms with E-state index in [0.29, 0.717) is 0 Å². The second-order valence-corrected chi connectivity index (χ2v) is 8.12. The number of carboxylic acid groups (broad SMARTS) is 1. The minimum Gasteiger partial charge on any atom is -0.480 e. The zero-order valence-electron chi connectivity index (χ0n) is 17.9. The summed E-state index contributed by atoms with van der Waals surface area (Å²) in [7, 11) is 0. The van der Waals surface area contributed by atoms with E-state index in [2.05, 4.69) is 33.6 Å². The Kier molecular flexibility index (Phi) is 9.09. The van der Waals surface area contributed by atoms with Crippen molar-refractivity contribution in [3.8, 4) is 0 Å². The number of aromatic amines is 1. The minimum absolute atomic E-state index is 0.116. The van der Waals surface area contributed by atoms with Gasteiger partial charge < -0.3 is 31.8 Å². The van der Waals surface area contributed by atoms with E-state index in [-0.39, 0.29) is 24.6 Å². The van der Waals surface area contributed by atoms with Crippen molar-refractivity contribution in [1.82, 2.24) is 20.9 Å². The largest absolute Gasteiger partial charge is 0.480 e. The lowest BCUT2D eigenvalue weighted by Crippen LogP contribution is -2.55. The van der Waals surface area contributed by atoms with Crippen LogP contribution in [0.15, 0.2) is 30.5 Å². The van der Waals surface area contributed by atoms with Crippen molar-refractivity contribution in [2.24, 2.45) is 11.7 Å². The van der Waals surface area contributed by atoms with Crippen LogP contribution >= 0.6 is 12.6 Å². The van der Waals surface area contributed by atoms with Crippen molar-refractivity contribution in [3.05, 3.63) is 36.0 Å². The Morgan fingerprint density at radius 2 is 1.81 bits per heavy atom. The van der Waals surface area contributed by atoms with Crippen LogP contribution in [0.3, 0.4) is 0 Å². The summed E-state index contributed by atoms with van der Waals surface area (Å²) in [5, 5.41) is 17.7. The summed E-state index contributed by atoms with van der Waals surface area (Å²) in [6, 6.07) is 4.45. The molecule has 7 N–H and O–H groups in total. The monoisotopic (exact) mass is 463 g/mol. The smallest absolute Gasteiger partial charge is 0.326 e. The average molecular weight is 464 g/mol. The molecule has 0 radical (unpaired) electrons. The SMILES string of the molecule is CC(C)C(NC(=O)C(Cc1c[nH]c2ccccc12)NC(=O)CNC(=O)C(N)CS)C(=O)O. The molecular formula is C21H29N5O5S. The van der Waals surface area contributed by atoms with Crippen LogP contribution in [-0.2, 0) is 25.6 Å². The molecular weight excluding hydrogens is 434 g/mol. The molecule has 10 nitrogen and oxygen atoms in total. The predicted octanol–water partition coefficient (Wildman–Crippen LogP) is -0.206. The van der Waals surface area contributed by atoms with Gasteiger partial charge in [-0.15, -0.1) is 0 Å². The lowest BCUT2D eigenvalue weighted by Gasteiger charge is -2.23. The first-order valence-electron chi connectivity index (χ1n) is 10.2. The summed E-state index contributed by atoms with van der Waals surface area (Å²) in [6.45, 7) is 2.96. The molecule has 0 saturated carbocycles. The fraction of sp³-hybridized carbons (Fsp3) is 0.429. The van der Waals surface area contributed by atoms with Crippen LogP contribution in [-0.4, -0.2) is 64.2 Å². The van der Waals surface area contributed by atoms with Gasteiger partial charge >= 0.3 is 5.97 Å². The molecule has 1 aromatic carbocycles. The molecule has 0 aliphatic rings. The molecule has 2 rings (SSSR count). The highest BCUT2D eigenvalue weighted by Gasteiger charge is 2.29. The number of nitrogens with two attached hydrogens (primary N) is 1. The third-order valence-electron chi connectivity index (χ3n) is 4.94. The standard InChI is InChI=1S/C21H29N5O5S/c1-11(2)18(21(30)31)26-20(29)16(25-17(27)9-24-19(28)14(22)10-32)7-12-8-23-15-6-4-3-5-13(12)15/h3-6,8,11,14,16,18,23,32H,7,9-10,22H2,1-2H3,(H,24,28)(H,25,27)(H,26,29)(H,30,31). The summed E-state index contributed by atoms with van der Waals surface area (Å²) in [4.78, 5) is 51.8. The van der Waals surface area contributed by atoms with Crippen molar-refractivity contribution in [1.29, 1.82) is 0 Å². The van der Waals surface area contributed by atoms with Gasteiger partial charge in [-0.1, -0.05) is 32.0 Å². The summed E-state index contributed by atoms with van der Waals surface area (Å²) >= 11 is 3.94. The molecule has 2 aromatic rings. The van der Waals surface area contributed by atoms with Gasteiger partial charge in [0.15, 0.2) is 0 Å². The zero-order chi connectivity index (χ0) is 23.8. The summed E-state index contributed by atoms with van der Waals surface area (Å²) in [6.07, 6.45) is 1.86. The molecule has 11 heteroatoms. The van der Waals surface area contributed by atoms with Crippen LogP contribution in [0.5, 0.6) is 0 Å². The third-order valence-corrected chi connectivity index (χ3v) is 5.33. The number of aliphatic carboxylic acids is 1. The quantitative estimate of drug-likeness (QED) is 0.228. The van der Waals surface area contributed by atoms with E-state index >= 15 is 0 Å². The highest BCUT2D eigenvalue weighted by atomic mass is 32.1. The fourth-order valence-corrected chi connectivity index (χ4v) is 3.29. The van der Waals surface area contributed by atoms with E-state index in [1.54, 1.807) is 20.0 Å². The van der Waals surface area contributed by atoms with Crippen LogP contribution in [0.25, 0.3) is 10.9 Å². The maximum absolute atomic E-state index is 12.9. The molecule has 3 atom stereocenters. The Bertz CT molecular complexity index is 976. The number of fused-ring (bicyclic) bond motifs is 1. The third kappa shape index (κ3) is 6.72. The Hall–Kier alpha value is -3.05. The van der Waals surface area contributed by atoms with Gasteiger partial charge in [-0.25, -0.2) is 4.79 Å². The van der Waals surface area contributed by atoms with E-state index in [4.69, 9.17) is 5.73 Å². The molecule has 0 aliphatic heterocycles. The van der Waals surface area contributed by atoms with E-state index in [0.717, 1.165) is 16.5 Å². The van der Waals surface area contributed by atoms with Crippen LogP contribution in [0.2, 0.25) is 0 Å². The highest BCUT2D eigenvalue weighted by molar-refractivity contribution is 7.80. The molecule has 0 aliphatic carbocycles. The second-order valence-electron chi connectivity index (χ2n) is 7.76. The Morgan fingerprint density at radius 1 is 1.12 bits per heavy atom. The first-order valence-corrected chi connectivity index (χ1v) is 10.8. The van der Waals surface area contributed by atoms with E-state index in [1.165, 1.54) is 0 Å². The number of aromatic nitrogens is 1. The molecule has 3 amide bonds. The summed E-state index contributed by atoms with van der Waals surface area (Å²) in [5.74, 6) is -3.20. The fourth-order valence-electron chi connectivity index (χ4n) is 3.12. The number of carboxylic acids is 1. The molecule has 0 saturated heterocycles. The van der Waals surface area contributed by atoms with Gasteiger partial charge in [0.2, 0.25) is 17.7 Å². The molecule has 0 fully saturated rings. The molecule has 0 spiro atoms. The van der Waals surface area contributed by atoms with Crippen molar-refractivity contribution in [2.45, 2.75) is 38.4 Å². The normalized spacial score (nSPS) is 13.9. The number of rotatable bonds is 11. The van der Waals surface area contributed by atoms with Gasteiger partial charge in [0.25, 0.3) is 0 Å². The maximum Gasteiger partial charge on any atom is 0.326 e. The number of thiol groups is 1. The number of carbonyl (C=O) groups excluding carboxylic acids is 3. The van der Waals surface area contributed by atoms with Crippen LogP contribution in [0, 0.1) is 5.92 Å². The number of H-pyrrole nitrogens is 1. The molecule has 32 heavy (non-hydrogen) atoms. The van der Waals surface area contributed by atoms with Crippen LogP contribution in [0.1, 0.15) is 19.4 Å². The van der Waals surface area contributed by atoms with Crippen LogP contribution < -0.4 is 21.7 Å². The maximum atomic E-state index is 12.9. The molecule has 3 unspecified atom stereocenters.